The fourth-order valence-corrected chi connectivity index (χ4v) is 2.58. The van der Waals surface area contributed by atoms with E-state index < -0.39 is 11.7 Å². The zero-order chi connectivity index (χ0) is 13.1. The number of nitrogens with zero attached hydrogens (tertiary/aromatic N) is 1. The summed E-state index contributed by atoms with van der Waals surface area (Å²) in [6.07, 6.45) is 0. The smallest absolute Gasteiger partial charge is 0.185 e. The maximum atomic E-state index is 13.6. The minimum atomic E-state index is -1.08. The van der Waals surface area contributed by atoms with Crippen LogP contribution in [0.25, 0.3) is 0 Å². The lowest BCUT2D eigenvalue weighted by molar-refractivity contribution is 0.0977. The van der Waals surface area contributed by atoms with E-state index >= 15 is 0 Å². The van der Waals surface area contributed by atoms with Crippen molar-refractivity contribution in [1.29, 1.82) is 5.26 Å². The highest BCUT2D eigenvalue weighted by atomic mass is 32.1. The lowest BCUT2D eigenvalue weighted by atomic mass is 9.91. The first-order valence-corrected chi connectivity index (χ1v) is 6.30. The van der Waals surface area contributed by atoms with Crippen molar-refractivity contribution in [2.45, 2.75) is 12.8 Å². The maximum absolute atomic E-state index is 13.6. The van der Waals surface area contributed by atoms with Gasteiger partial charge in [0.1, 0.15) is 11.7 Å². The van der Waals surface area contributed by atoms with Crippen molar-refractivity contribution in [1.82, 2.24) is 0 Å². The first-order valence-electron chi connectivity index (χ1n) is 5.36. The minimum Gasteiger partial charge on any atom is -0.292 e. The van der Waals surface area contributed by atoms with E-state index in [4.69, 9.17) is 5.26 Å². The van der Waals surface area contributed by atoms with E-state index in [2.05, 4.69) is 0 Å². The van der Waals surface area contributed by atoms with Crippen molar-refractivity contribution in [3.63, 3.8) is 0 Å². The van der Waals surface area contributed by atoms with Gasteiger partial charge in [0.15, 0.2) is 5.78 Å². The van der Waals surface area contributed by atoms with Crippen LogP contribution < -0.4 is 0 Å². The number of Topliss-reactive ketones (excluding diaryl/α,β-unsaturated/α-hetero) is 1. The number of rotatable bonds is 3. The van der Waals surface area contributed by atoms with Gasteiger partial charge < -0.3 is 0 Å². The van der Waals surface area contributed by atoms with Gasteiger partial charge in [0.25, 0.3) is 0 Å². The van der Waals surface area contributed by atoms with Crippen molar-refractivity contribution in [3.8, 4) is 6.07 Å². The minimum absolute atomic E-state index is 0.135. The van der Waals surface area contributed by atoms with E-state index in [9.17, 15) is 9.18 Å². The molecule has 0 aliphatic rings. The fraction of sp³-hybridized carbons (Fsp3) is 0.143. The molecular weight excluding hydrogens is 249 g/mol. The van der Waals surface area contributed by atoms with Gasteiger partial charge in [0, 0.05) is 16.5 Å². The van der Waals surface area contributed by atoms with Gasteiger partial charge in [0.05, 0.1) is 6.07 Å². The van der Waals surface area contributed by atoms with E-state index in [1.807, 2.05) is 11.4 Å². The van der Waals surface area contributed by atoms with Crippen LogP contribution in [0.15, 0.2) is 35.0 Å². The molecule has 0 saturated carbocycles. The third kappa shape index (κ3) is 2.18. The van der Waals surface area contributed by atoms with E-state index in [0.29, 0.717) is 5.56 Å². The molecular formula is C14H10FNOS. The van der Waals surface area contributed by atoms with Gasteiger partial charge in [-0.2, -0.15) is 16.6 Å². The van der Waals surface area contributed by atoms with Crippen LogP contribution in [-0.4, -0.2) is 5.78 Å². The molecule has 1 heterocycles. The van der Waals surface area contributed by atoms with Gasteiger partial charge in [-0.1, -0.05) is 18.2 Å². The molecule has 0 radical (unpaired) electrons. The lowest BCUT2D eigenvalue weighted by Crippen LogP contribution is -2.13. The van der Waals surface area contributed by atoms with E-state index in [1.54, 1.807) is 18.4 Å². The molecule has 0 fully saturated rings. The van der Waals surface area contributed by atoms with Crippen LogP contribution in [0.2, 0.25) is 0 Å². The van der Waals surface area contributed by atoms with Crippen LogP contribution in [0.1, 0.15) is 27.4 Å². The van der Waals surface area contributed by atoms with Crippen LogP contribution in [0.3, 0.4) is 0 Å². The third-order valence-corrected chi connectivity index (χ3v) is 3.59. The largest absolute Gasteiger partial charge is 0.292 e. The van der Waals surface area contributed by atoms with Crippen molar-refractivity contribution < 1.29 is 9.18 Å². The zero-order valence-corrected chi connectivity index (χ0v) is 10.5. The summed E-state index contributed by atoms with van der Waals surface area (Å²) in [5.41, 5.74) is 1.45. The summed E-state index contributed by atoms with van der Waals surface area (Å²) in [5, 5.41) is 12.7. The summed E-state index contributed by atoms with van der Waals surface area (Å²) >= 11 is 1.40. The molecule has 4 heteroatoms. The Labute approximate surface area is 108 Å². The average molecular weight is 259 g/mol. The number of hydrogen-bond acceptors (Lipinski definition) is 3. The Balaban J connectivity index is 2.43. The van der Waals surface area contributed by atoms with E-state index in [1.165, 1.54) is 29.5 Å². The third-order valence-electron chi connectivity index (χ3n) is 2.73. The number of ketones is 1. The number of benzene rings is 1. The molecule has 2 nitrogen and oxygen atoms in total. The Morgan fingerprint density at radius 1 is 1.39 bits per heavy atom. The summed E-state index contributed by atoms with van der Waals surface area (Å²) in [7, 11) is 0. The second-order valence-corrected chi connectivity index (χ2v) is 4.66. The Morgan fingerprint density at radius 3 is 2.67 bits per heavy atom. The molecule has 0 spiro atoms. The van der Waals surface area contributed by atoms with Crippen molar-refractivity contribution in [2.24, 2.45) is 0 Å². The number of carbonyl (C=O) groups is 1. The second-order valence-electron chi connectivity index (χ2n) is 3.92. The molecule has 18 heavy (non-hydrogen) atoms. The molecule has 1 aromatic heterocycles. The molecule has 1 aromatic carbocycles. The molecule has 0 bridgehead atoms. The highest BCUT2D eigenvalue weighted by molar-refractivity contribution is 7.08. The molecule has 1 unspecified atom stereocenters. The molecule has 0 amide bonds. The number of nitriles is 1. The van der Waals surface area contributed by atoms with Crippen LogP contribution in [0, 0.1) is 24.1 Å². The molecule has 0 saturated heterocycles. The molecule has 2 aromatic rings. The summed E-state index contributed by atoms with van der Waals surface area (Å²) in [6.45, 7) is 1.81. The monoisotopic (exact) mass is 259 g/mol. The molecule has 0 N–H and O–H groups in total. The first kappa shape index (κ1) is 12.5. The predicted octanol–water partition coefficient (Wildman–Crippen LogP) is 3.69. The molecule has 0 aliphatic carbocycles. The van der Waals surface area contributed by atoms with Gasteiger partial charge in [-0.25, -0.2) is 4.39 Å². The topological polar surface area (TPSA) is 40.9 Å². The number of hydrogen-bond donors (Lipinski definition) is 0. The standard InChI is InChI=1S/C14H10FNOS/c1-9-7-18-8-12(9)14(17)11(6-16)10-4-2-3-5-13(10)15/h2-5,7-8,11H,1H3. The summed E-state index contributed by atoms with van der Waals surface area (Å²) in [6, 6.07) is 7.78. The highest BCUT2D eigenvalue weighted by Gasteiger charge is 2.25. The number of aryl methyl sites for hydroxylation is 1. The Morgan fingerprint density at radius 2 is 2.11 bits per heavy atom. The van der Waals surface area contributed by atoms with Crippen LogP contribution in [0.5, 0.6) is 0 Å². The first-order chi connectivity index (χ1) is 8.65. The SMILES string of the molecule is Cc1cscc1C(=O)C(C#N)c1ccccc1F. The summed E-state index contributed by atoms with van der Waals surface area (Å²) in [5.74, 6) is -1.95. The van der Waals surface area contributed by atoms with E-state index in [-0.39, 0.29) is 11.3 Å². The van der Waals surface area contributed by atoms with Crippen molar-refractivity contribution in [3.05, 3.63) is 57.5 Å². The van der Waals surface area contributed by atoms with Crippen molar-refractivity contribution >= 4 is 17.1 Å². The second kappa shape index (κ2) is 5.11. The summed E-state index contributed by atoms with van der Waals surface area (Å²) in [4.78, 5) is 12.2. The lowest BCUT2D eigenvalue weighted by Gasteiger charge is -2.09. The Kier molecular flexibility index (Phi) is 3.54. The van der Waals surface area contributed by atoms with Gasteiger partial charge in [-0.3, -0.25) is 4.79 Å². The fourth-order valence-electron chi connectivity index (χ4n) is 1.75. The number of carbonyl (C=O) groups excluding carboxylic acids is 1. The van der Waals surface area contributed by atoms with Crippen LogP contribution in [0.4, 0.5) is 4.39 Å². The molecule has 0 aliphatic heterocycles. The van der Waals surface area contributed by atoms with Gasteiger partial charge in [-0.15, -0.1) is 0 Å². The summed E-state index contributed by atoms with van der Waals surface area (Å²) < 4.78 is 13.6. The highest BCUT2D eigenvalue weighted by Crippen LogP contribution is 2.25. The zero-order valence-electron chi connectivity index (χ0n) is 9.68. The van der Waals surface area contributed by atoms with Crippen LogP contribution in [-0.2, 0) is 0 Å². The van der Waals surface area contributed by atoms with Crippen LogP contribution >= 0.6 is 11.3 Å². The quantitative estimate of drug-likeness (QED) is 0.789. The normalized spacial score (nSPS) is 11.8. The number of thiophene rings is 1. The molecule has 90 valence electrons. The maximum Gasteiger partial charge on any atom is 0.185 e. The van der Waals surface area contributed by atoms with E-state index in [0.717, 1.165) is 5.56 Å². The van der Waals surface area contributed by atoms with Gasteiger partial charge in [0.2, 0.25) is 0 Å². The Hall–Kier alpha value is -1.99. The van der Waals surface area contributed by atoms with Gasteiger partial charge >= 0.3 is 0 Å². The van der Waals surface area contributed by atoms with Gasteiger partial charge in [-0.05, 0) is 23.9 Å². The predicted molar refractivity (Wildman–Crippen MR) is 68.1 cm³/mol. The molecule has 2 rings (SSSR count). The van der Waals surface area contributed by atoms with Crippen molar-refractivity contribution in [2.75, 3.05) is 0 Å². The average Bonchev–Trinajstić information content (AvgIpc) is 2.78. The molecule has 1 atom stereocenters. The number of halogens is 1. The Bertz CT molecular complexity index is 627.